The van der Waals surface area contributed by atoms with Crippen LogP contribution >= 0.6 is 0 Å². The van der Waals surface area contributed by atoms with Crippen molar-refractivity contribution in [3.63, 3.8) is 0 Å². The van der Waals surface area contributed by atoms with Crippen LogP contribution in [0.25, 0.3) is 44.4 Å². The van der Waals surface area contributed by atoms with Crippen LogP contribution in [0.1, 0.15) is 98.4 Å². The van der Waals surface area contributed by atoms with E-state index in [1.54, 1.807) is 13.0 Å². The van der Waals surface area contributed by atoms with Crippen LogP contribution in [0.15, 0.2) is 24.3 Å². The highest BCUT2D eigenvalue weighted by atomic mass is 19.4. The lowest BCUT2D eigenvalue weighted by Gasteiger charge is -2.07. The Morgan fingerprint density at radius 3 is 1.79 bits per heavy atom. The Morgan fingerprint density at radius 2 is 1.21 bits per heavy atom. The second-order valence-corrected chi connectivity index (χ2v) is 11.8. The van der Waals surface area contributed by atoms with Crippen molar-refractivity contribution in [2.24, 2.45) is 0 Å². The van der Waals surface area contributed by atoms with Crippen molar-refractivity contribution in [2.75, 3.05) is 14.2 Å². The van der Waals surface area contributed by atoms with Crippen LogP contribution < -0.4 is 0 Å². The minimum Gasteiger partial charge on any atom is -0.469 e. The molecular weight excluding hydrogens is 609 g/mol. The van der Waals surface area contributed by atoms with Crippen LogP contribution in [0.5, 0.6) is 0 Å². The molecule has 47 heavy (non-hydrogen) atoms. The minimum absolute atomic E-state index is 0.0525. The summed E-state index contributed by atoms with van der Waals surface area (Å²) in [5.74, 6) is -0.725. The zero-order valence-electron chi connectivity index (χ0n) is 27.7. The Hall–Kier alpha value is -4.67. The normalized spacial score (nSPS) is 13.4. The van der Waals surface area contributed by atoms with Gasteiger partial charge in [-0.25, -0.2) is 9.97 Å². The molecule has 2 aliphatic heterocycles. The summed E-state index contributed by atoms with van der Waals surface area (Å²) in [5.41, 5.74) is 8.42. The number of H-pyrrole nitrogens is 2. The van der Waals surface area contributed by atoms with E-state index in [1.165, 1.54) is 20.3 Å². The molecule has 3 aromatic rings. The van der Waals surface area contributed by atoms with E-state index >= 15 is 0 Å². The van der Waals surface area contributed by atoms with Crippen molar-refractivity contribution in [3.05, 3.63) is 69.3 Å². The molecule has 5 rings (SSSR count). The number of aromatic nitrogens is 4. The van der Waals surface area contributed by atoms with Crippen molar-refractivity contribution in [3.8, 4) is 0 Å². The first kappa shape index (κ1) is 33.7. The number of aromatic amines is 2. The maximum atomic E-state index is 14.7. The molecule has 3 aromatic heterocycles. The summed E-state index contributed by atoms with van der Waals surface area (Å²) >= 11 is 0. The largest absolute Gasteiger partial charge is 0.469 e. The number of allylic oxidation sites excluding steroid dienone is 4. The summed E-state index contributed by atoms with van der Waals surface area (Å²) < 4.78 is 53.9. The number of hydrogen-bond donors (Lipinski definition) is 2. The number of methoxy groups -OCH3 is 2. The fourth-order valence-corrected chi connectivity index (χ4v) is 6.51. The standard InChI is InChI=1S/C36H39F3N4O4/c1-8-21-18(3)25-14-26-19(4)23(10-12-33(44)46-6)30(41-26)16-31-24(11-13-34(45)47-7)20(5)27(42-31)15-29-22(9-2)35(36(37,38)39)32(43-29)17-28(21)40-25/h14-17,42-43H,8-13H2,1-7H3. The summed E-state index contributed by atoms with van der Waals surface area (Å²) in [6.45, 7) is 9.38. The average Bonchev–Trinajstić information content (AvgIpc) is 3.71. The highest BCUT2D eigenvalue weighted by molar-refractivity contribution is 5.96. The number of carbonyl (C=O) groups is 2. The molecule has 5 heterocycles. The first-order valence-corrected chi connectivity index (χ1v) is 15.7. The SMILES string of the molecule is CCC1=C(C)c2cc3nc(cc4[nH]c(cc5[nH]c(cc1n2)c(C(F)(F)F)c5CC)c(C)c4CCC(=O)OC)C(CCC(=O)OC)=C3C. The second-order valence-electron chi connectivity index (χ2n) is 11.8. The van der Waals surface area contributed by atoms with E-state index in [2.05, 4.69) is 9.97 Å². The topological polar surface area (TPSA) is 110 Å². The predicted octanol–water partition coefficient (Wildman–Crippen LogP) is 8.53. The van der Waals surface area contributed by atoms with Gasteiger partial charge in [0, 0.05) is 29.4 Å². The predicted molar refractivity (Wildman–Crippen MR) is 177 cm³/mol. The van der Waals surface area contributed by atoms with Crippen molar-refractivity contribution < 1.29 is 32.2 Å². The smallest absolute Gasteiger partial charge is 0.418 e. The van der Waals surface area contributed by atoms with Crippen molar-refractivity contribution in [1.82, 2.24) is 19.9 Å². The van der Waals surface area contributed by atoms with Gasteiger partial charge in [-0.05, 0) is 110 Å². The van der Waals surface area contributed by atoms with E-state index in [4.69, 9.17) is 19.4 Å². The van der Waals surface area contributed by atoms with Crippen LogP contribution in [0, 0.1) is 6.92 Å². The highest BCUT2D eigenvalue weighted by Crippen LogP contribution is 2.41. The molecule has 0 fully saturated rings. The van der Waals surface area contributed by atoms with E-state index < -0.39 is 11.7 Å². The number of alkyl halides is 3. The Bertz CT molecular complexity index is 2000. The third-order valence-electron chi connectivity index (χ3n) is 9.12. The van der Waals surface area contributed by atoms with E-state index in [9.17, 15) is 22.8 Å². The number of ether oxygens (including phenoxy) is 2. The average molecular weight is 649 g/mol. The summed E-state index contributed by atoms with van der Waals surface area (Å²) in [4.78, 5) is 40.6. The van der Waals surface area contributed by atoms with E-state index in [0.717, 1.165) is 33.4 Å². The second kappa shape index (κ2) is 13.2. The van der Waals surface area contributed by atoms with Gasteiger partial charge in [0.2, 0.25) is 0 Å². The lowest BCUT2D eigenvalue weighted by molar-refractivity contribution is -0.141. The lowest BCUT2D eigenvalue weighted by Crippen LogP contribution is -2.07. The Balaban J connectivity index is 1.94. The lowest BCUT2D eigenvalue weighted by atomic mass is 9.99. The van der Waals surface area contributed by atoms with Gasteiger partial charge in [0.15, 0.2) is 0 Å². The zero-order chi connectivity index (χ0) is 34.2. The summed E-state index contributed by atoms with van der Waals surface area (Å²) in [6.07, 6.45) is -2.88. The molecule has 0 radical (unpaired) electrons. The maximum absolute atomic E-state index is 14.7. The van der Waals surface area contributed by atoms with Gasteiger partial charge in [-0.1, -0.05) is 13.8 Å². The number of rotatable bonds is 8. The molecule has 0 unspecified atom stereocenters. The quantitative estimate of drug-likeness (QED) is 0.237. The fourth-order valence-electron chi connectivity index (χ4n) is 6.51. The highest BCUT2D eigenvalue weighted by Gasteiger charge is 2.37. The first-order valence-electron chi connectivity index (χ1n) is 15.7. The molecule has 2 N–H and O–H groups in total. The third-order valence-corrected chi connectivity index (χ3v) is 9.12. The van der Waals surface area contributed by atoms with Crippen molar-refractivity contribution in [2.45, 2.75) is 79.3 Å². The van der Waals surface area contributed by atoms with E-state index in [0.29, 0.717) is 58.6 Å². The Kier molecular flexibility index (Phi) is 9.47. The molecule has 0 saturated heterocycles. The van der Waals surface area contributed by atoms with Crippen LogP contribution in [-0.2, 0) is 38.1 Å². The van der Waals surface area contributed by atoms with E-state index in [1.807, 2.05) is 39.8 Å². The van der Waals surface area contributed by atoms with Crippen molar-refractivity contribution in [1.29, 1.82) is 0 Å². The number of nitrogens with zero attached hydrogens (tertiary/aromatic N) is 2. The molecule has 0 spiro atoms. The molecule has 11 heteroatoms. The van der Waals surface area contributed by atoms with Gasteiger partial charge in [-0.2, -0.15) is 13.2 Å². The Labute approximate surface area is 271 Å². The third kappa shape index (κ3) is 6.48. The molecule has 8 bridgehead atoms. The molecule has 0 saturated carbocycles. The molecule has 2 aliphatic rings. The maximum Gasteiger partial charge on any atom is 0.418 e. The van der Waals surface area contributed by atoms with Gasteiger partial charge in [-0.15, -0.1) is 0 Å². The number of nitrogens with one attached hydrogen (secondary N) is 2. The summed E-state index contributed by atoms with van der Waals surface area (Å²) in [6, 6.07) is 6.92. The van der Waals surface area contributed by atoms with Gasteiger partial charge in [0.1, 0.15) is 0 Å². The first-order chi connectivity index (χ1) is 22.3. The fraction of sp³-hybridized carbons (Fsp3) is 0.389. The van der Waals surface area contributed by atoms with Gasteiger partial charge in [0.05, 0.1) is 48.1 Å². The number of hydrogen-bond acceptors (Lipinski definition) is 6. The monoisotopic (exact) mass is 648 g/mol. The number of esters is 2. The molecule has 0 atom stereocenters. The Morgan fingerprint density at radius 1 is 0.681 bits per heavy atom. The van der Waals surface area contributed by atoms with Crippen LogP contribution in [0.3, 0.4) is 0 Å². The van der Waals surface area contributed by atoms with Crippen molar-refractivity contribution >= 4 is 56.3 Å². The van der Waals surface area contributed by atoms with Gasteiger partial charge in [0.25, 0.3) is 0 Å². The zero-order valence-corrected chi connectivity index (χ0v) is 27.7. The van der Waals surface area contributed by atoms with Gasteiger partial charge < -0.3 is 19.4 Å². The van der Waals surface area contributed by atoms with Crippen LogP contribution in [0.2, 0.25) is 0 Å². The number of fused-ring (bicyclic) bond motifs is 8. The molecule has 248 valence electrons. The van der Waals surface area contributed by atoms with Crippen LogP contribution in [-0.4, -0.2) is 46.1 Å². The molecule has 0 aromatic carbocycles. The molecule has 0 aliphatic carbocycles. The molecule has 8 nitrogen and oxygen atoms in total. The number of carbonyl (C=O) groups excluding carboxylic acids is 2. The number of halogens is 3. The summed E-state index contributed by atoms with van der Waals surface area (Å²) in [7, 11) is 2.68. The van der Waals surface area contributed by atoms with Crippen LogP contribution in [0.4, 0.5) is 13.2 Å². The molecular formula is C36H39F3N4O4. The minimum atomic E-state index is -4.60. The molecule has 0 amide bonds. The van der Waals surface area contributed by atoms with Gasteiger partial charge >= 0.3 is 18.1 Å². The van der Waals surface area contributed by atoms with E-state index in [-0.39, 0.29) is 42.3 Å². The summed E-state index contributed by atoms with van der Waals surface area (Å²) in [5, 5.41) is 0. The van der Waals surface area contributed by atoms with Gasteiger partial charge in [-0.3, -0.25) is 9.59 Å². The number of aryl methyl sites for hydroxylation is 3.